The highest BCUT2D eigenvalue weighted by atomic mass is 79.9. The van der Waals surface area contributed by atoms with E-state index in [0.717, 1.165) is 5.56 Å². The van der Waals surface area contributed by atoms with E-state index in [1.165, 1.54) is 5.56 Å². The minimum atomic E-state index is -0.128. The van der Waals surface area contributed by atoms with E-state index < -0.39 is 0 Å². The van der Waals surface area contributed by atoms with Gasteiger partial charge in [0.25, 0.3) is 5.88 Å². The number of halogens is 1. The number of anilines is 1. The third-order valence-corrected chi connectivity index (χ3v) is 3.03. The molecule has 0 aliphatic rings. The van der Waals surface area contributed by atoms with E-state index in [2.05, 4.69) is 25.9 Å². The Morgan fingerprint density at radius 2 is 2.06 bits per heavy atom. The summed E-state index contributed by atoms with van der Waals surface area (Å²) in [7, 11) is 0. The molecule has 0 radical (unpaired) electrons. The third-order valence-electron chi connectivity index (χ3n) is 2.65. The lowest BCUT2D eigenvalue weighted by Crippen LogP contribution is -2.08. The molecule has 0 saturated heterocycles. The van der Waals surface area contributed by atoms with E-state index in [0.29, 0.717) is 16.3 Å². The van der Waals surface area contributed by atoms with Crippen molar-refractivity contribution in [1.82, 2.24) is 9.97 Å². The van der Waals surface area contributed by atoms with Gasteiger partial charge in [0.1, 0.15) is 10.7 Å². The van der Waals surface area contributed by atoms with Crippen LogP contribution in [0, 0.1) is 6.92 Å². The summed E-state index contributed by atoms with van der Waals surface area (Å²) in [6.45, 7) is 4.01. The summed E-state index contributed by atoms with van der Waals surface area (Å²) < 4.78 is 6.36. The lowest BCUT2D eigenvalue weighted by atomic mass is 10.0. The Bertz CT molecular complexity index is 560. The fourth-order valence-electron chi connectivity index (χ4n) is 1.72. The number of nitrogens with two attached hydrogens (primary N) is 1. The quantitative estimate of drug-likeness (QED) is 0.945. The second kappa shape index (κ2) is 5.35. The van der Waals surface area contributed by atoms with E-state index in [-0.39, 0.29) is 6.10 Å². The molecule has 0 amide bonds. The Morgan fingerprint density at radius 1 is 1.33 bits per heavy atom. The second-order valence-corrected chi connectivity index (χ2v) is 4.81. The SMILES string of the molecule is Cc1ccccc1C(C)Oc1nc(Br)cnc1N. The number of rotatable bonds is 3. The van der Waals surface area contributed by atoms with Crippen molar-refractivity contribution in [2.45, 2.75) is 20.0 Å². The topological polar surface area (TPSA) is 61.0 Å². The molecule has 1 unspecified atom stereocenters. The van der Waals surface area contributed by atoms with Crippen LogP contribution in [-0.2, 0) is 0 Å². The second-order valence-electron chi connectivity index (χ2n) is 4.00. The highest BCUT2D eigenvalue weighted by Gasteiger charge is 2.13. The van der Waals surface area contributed by atoms with Crippen LogP contribution >= 0.6 is 15.9 Å². The van der Waals surface area contributed by atoms with Crippen molar-refractivity contribution in [3.8, 4) is 5.88 Å². The van der Waals surface area contributed by atoms with Crippen LogP contribution in [-0.4, -0.2) is 9.97 Å². The summed E-state index contributed by atoms with van der Waals surface area (Å²) in [4.78, 5) is 8.17. The van der Waals surface area contributed by atoms with Gasteiger partial charge in [0.05, 0.1) is 6.20 Å². The van der Waals surface area contributed by atoms with Crippen LogP contribution in [0.3, 0.4) is 0 Å². The normalized spacial score (nSPS) is 12.2. The van der Waals surface area contributed by atoms with Crippen LogP contribution in [0.15, 0.2) is 35.1 Å². The molecule has 18 heavy (non-hydrogen) atoms. The van der Waals surface area contributed by atoms with Gasteiger partial charge in [0.2, 0.25) is 0 Å². The summed E-state index contributed by atoms with van der Waals surface area (Å²) in [5.74, 6) is 0.638. The average Bonchev–Trinajstić information content (AvgIpc) is 2.34. The molecule has 2 N–H and O–H groups in total. The first-order valence-electron chi connectivity index (χ1n) is 5.58. The van der Waals surface area contributed by atoms with Crippen LogP contribution in [0.25, 0.3) is 0 Å². The van der Waals surface area contributed by atoms with Gasteiger partial charge in [-0.2, -0.15) is 0 Å². The van der Waals surface area contributed by atoms with E-state index in [9.17, 15) is 0 Å². The average molecular weight is 308 g/mol. The third kappa shape index (κ3) is 2.79. The Kier molecular flexibility index (Phi) is 3.81. The van der Waals surface area contributed by atoms with Gasteiger partial charge in [-0.25, -0.2) is 9.97 Å². The molecule has 0 bridgehead atoms. The van der Waals surface area contributed by atoms with Gasteiger partial charge in [-0.15, -0.1) is 0 Å². The number of aryl methyl sites for hydroxylation is 1. The monoisotopic (exact) mass is 307 g/mol. The summed E-state index contributed by atoms with van der Waals surface area (Å²) in [5.41, 5.74) is 8.02. The maximum Gasteiger partial charge on any atom is 0.258 e. The number of ether oxygens (including phenoxy) is 1. The molecular weight excluding hydrogens is 294 g/mol. The van der Waals surface area contributed by atoms with Crippen molar-refractivity contribution < 1.29 is 4.74 Å². The molecule has 0 aliphatic carbocycles. The highest BCUT2D eigenvalue weighted by molar-refractivity contribution is 9.10. The van der Waals surface area contributed by atoms with Crippen molar-refractivity contribution >= 4 is 21.7 Å². The minimum Gasteiger partial charge on any atom is -0.467 e. The molecule has 0 aliphatic heterocycles. The van der Waals surface area contributed by atoms with Crippen molar-refractivity contribution in [2.24, 2.45) is 0 Å². The predicted octanol–water partition coefficient (Wildman–Crippen LogP) is 3.27. The standard InChI is InChI=1S/C13H14BrN3O/c1-8-5-3-4-6-10(8)9(2)18-13-12(15)16-7-11(14)17-13/h3-7,9H,1-2H3,(H2,15,16). The molecule has 0 spiro atoms. The fourth-order valence-corrected chi connectivity index (χ4v) is 1.99. The van der Waals surface area contributed by atoms with Gasteiger partial charge in [-0.05, 0) is 40.9 Å². The van der Waals surface area contributed by atoms with Gasteiger partial charge in [-0.1, -0.05) is 24.3 Å². The summed E-state index contributed by atoms with van der Waals surface area (Å²) >= 11 is 3.25. The lowest BCUT2D eigenvalue weighted by molar-refractivity contribution is 0.217. The molecule has 1 atom stereocenters. The van der Waals surface area contributed by atoms with Crippen molar-refractivity contribution in [3.05, 3.63) is 46.2 Å². The number of hydrogen-bond donors (Lipinski definition) is 1. The summed E-state index contributed by atoms with van der Waals surface area (Å²) in [6.07, 6.45) is 1.41. The molecular formula is C13H14BrN3O. The lowest BCUT2D eigenvalue weighted by Gasteiger charge is -2.17. The van der Waals surface area contributed by atoms with Crippen LogP contribution in [0.5, 0.6) is 5.88 Å². The van der Waals surface area contributed by atoms with Gasteiger partial charge in [0.15, 0.2) is 5.82 Å². The molecule has 1 aromatic carbocycles. The van der Waals surface area contributed by atoms with Crippen LogP contribution in [0.1, 0.15) is 24.2 Å². The van der Waals surface area contributed by atoms with Crippen molar-refractivity contribution in [1.29, 1.82) is 0 Å². The van der Waals surface area contributed by atoms with E-state index in [1.807, 2.05) is 38.1 Å². The number of benzene rings is 1. The Hall–Kier alpha value is -1.62. The summed E-state index contributed by atoms with van der Waals surface area (Å²) in [5, 5.41) is 0. The number of nitrogens with zero attached hydrogens (tertiary/aromatic N) is 2. The zero-order valence-electron chi connectivity index (χ0n) is 10.2. The maximum atomic E-state index is 5.76. The molecule has 0 fully saturated rings. The molecule has 2 aromatic rings. The zero-order valence-corrected chi connectivity index (χ0v) is 11.8. The zero-order chi connectivity index (χ0) is 13.1. The van der Waals surface area contributed by atoms with Crippen LogP contribution < -0.4 is 10.5 Å². The minimum absolute atomic E-state index is 0.128. The molecule has 94 valence electrons. The number of aromatic nitrogens is 2. The molecule has 1 aromatic heterocycles. The molecule has 5 heteroatoms. The molecule has 4 nitrogen and oxygen atoms in total. The molecule has 2 rings (SSSR count). The molecule has 0 saturated carbocycles. The van der Waals surface area contributed by atoms with Crippen LogP contribution in [0.4, 0.5) is 5.82 Å². The predicted molar refractivity (Wildman–Crippen MR) is 74.4 cm³/mol. The fraction of sp³-hybridized carbons (Fsp3) is 0.231. The first-order chi connectivity index (χ1) is 8.58. The van der Waals surface area contributed by atoms with E-state index >= 15 is 0 Å². The van der Waals surface area contributed by atoms with Gasteiger partial charge < -0.3 is 10.5 Å². The Labute approximate surface area is 114 Å². The smallest absolute Gasteiger partial charge is 0.258 e. The highest BCUT2D eigenvalue weighted by Crippen LogP contribution is 2.26. The Morgan fingerprint density at radius 3 is 2.78 bits per heavy atom. The first kappa shape index (κ1) is 12.8. The summed E-state index contributed by atoms with van der Waals surface area (Å²) in [6, 6.07) is 8.06. The van der Waals surface area contributed by atoms with E-state index in [1.54, 1.807) is 6.20 Å². The maximum absolute atomic E-state index is 5.76. The van der Waals surface area contributed by atoms with E-state index in [4.69, 9.17) is 10.5 Å². The number of nitrogen functional groups attached to an aromatic ring is 1. The van der Waals surface area contributed by atoms with Crippen molar-refractivity contribution in [2.75, 3.05) is 5.73 Å². The largest absolute Gasteiger partial charge is 0.467 e. The number of hydrogen-bond acceptors (Lipinski definition) is 4. The molecule has 1 heterocycles. The van der Waals surface area contributed by atoms with Gasteiger partial charge in [0, 0.05) is 0 Å². The van der Waals surface area contributed by atoms with Crippen molar-refractivity contribution in [3.63, 3.8) is 0 Å². The van der Waals surface area contributed by atoms with Gasteiger partial charge in [-0.3, -0.25) is 0 Å². The van der Waals surface area contributed by atoms with Gasteiger partial charge >= 0.3 is 0 Å². The first-order valence-corrected chi connectivity index (χ1v) is 6.37. The Balaban J connectivity index is 2.24. The van der Waals surface area contributed by atoms with Crippen LogP contribution in [0.2, 0.25) is 0 Å².